The van der Waals surface area contributed by atoms with Crippen molar-refractivity contribution in [2.75, 3.05) is 0 Å². The van der Waals surface area contributed by atoms with Gasteiger partial charge in [0.05, 0.1) is 0 Å². The third-order valence-electron chi connectivity index (χ3n) is 8.45. The van der Waals surface area contributed by atoms with Gasteiger partial charge in [-0.05, 0) is 80.0 Å². The van der Waals surface area contributed by atoms with E-state index in [2.05, 4.69) is 26.8 Å². The summed E-state index contributed by atoms with van der Waals surface area (Å²) in [6.45, 7) is 7.44. The first-order chi connectivity index (χ1) is 9.95. The number of rotatable bonds is 0. The Balaban J connectivity index is 1.64. The maximum Gasteiger partial charge on any atom is 0.133 e. The molecule has 6 atom stereocenters. The van der Waals surface area contributed by atoms with Gasteiger partial charge in [0.2, 0.25) is 0 Å². The Morgan fingerprint density at radius 1 is 1.10 bits per heavy atom. The summed E-state index contributed by atoms with van der Waals surface area (Å²) in [5, 5.41) is 0. The molecule has 0 N–H and O–H groups in total. The van der Waals surface area contributed by atoms with Crippen molar-refractivity contribution in [1.82, 2.24) is 0 Å². The quantitative estimate of drug-likeness (QED) is 0.562. The lowest BCUT2D eigenvalue weighted by Gasteiger charge is -2.60. The Labute approximate surface area is 129 Å². The molecule has 4 aliphatic rings. The van der Waals surface area contributed by atoms with Gasteiger partial charge in [0, 0.05) is 12.8 Å². The fourth-order valence-electron chi connectivity index (χ4n) is 6.83. The van der Waals surface area contributed by atoms with E-state index in [1.165, 1.54) is 38.5 Å². The van der Waals surface area contributed by atoms with Gasteiger partial charge in [0.1, 0.15) is 5.78 Å². The lowest BCUT2D eigenvalue weighted by Crippen LogP contribution is -2.53. The van der Waals surface area contributed by atoms with Crippen LogP contribution in [0.4, 0.5) is 0 Å². The van der Waals surface area contributed by atoms with E-state index in [-0.39, 0.29) is 0 Å². The van der Waals surface area contributed by atoms with Crippen LogP contribution in [0.2, 0.25) is 0 Å². The normalized spacial score (nSPS) is 52.7. The van der Waals surface area contributed by atoms with E-state index in [0.29, 0.717) is 22.5 Å². The fraction of sp³-hybridized carbons (Fsp3) is 0.850. The largest absolute Gasteiger partial charge is 0.300 e. The van der Waals surface area contributed by atoms with Crippen LogP contribution in [0.15, 0.2) is 11.6 Å². The summed E-state index contributed by atoms with van der Waals surface area (Å²) in [5.74, 6) is 3.94. The molecule has 0 aromatic rings. The van der Waals surface area contributed by atoms with Gasteiger partial charge < -0.3 is 0 Å². The van der Waals surface area contributed by atoms with Crippen molar-refractivity contribution in [2.24, 2.45) is 34.5 Å². The minimum atomic E-state index is 0.467. The summed E-state index contributed by atoms with van der Waals surface area (Å²) in [6.07, 6.45) is 12.3. The second-order valence-corrected chi connectivity index (χ2v) is 8.98. The second-order valence-electron chi connectivity index (χ2n) is 8.98. The molecule has 0 aromatic heterocycles. The van der Waals surface area contributed by atoms with Crippen molar-refractivity contribution in [3.05, 3.63) is 11.6 Å². The molecule has 0 unspecified atom stereocenters. The van der Waals surface area contributed by atoms with Gasteiger partial charge in [-0.25, -0.2) is 0 Å². The molecule has 4 rings (SSSR count). The summed E-state index contributed by atoms with van der Waals surface area (Å²) >= 11 is 0. The second kappa shape index (κ2) is 4.46. The van der Waals surface area contributed by atoms with Gasteiger partial charge >= 0.3 is 0 Å². The molecule has 21 heavy (non-hydrogen) atoms. The summed E-state index contributed by atoms with van der Waals surface area (Å²) in [5.41, 5.74) is 2.63. The van der Waals surface area contributed by atoms with Crippen molar-refractivity contribution in [3.8, 4) is 0 Å². The lowest BCUT2D eigenvalue weighted by molar-refractivity contribution is -0.137. The van der Waals surface area contributed by atoms with Crippen LogP contribution in [0, 0.1) is 34.5 Å². The third-order valence-corrected chi connectivity index (χ3v) is 8.45. The summed E-state index contributed by atoms with van der Waals surface area (Å²) in [6, 6.07) is 0. The standard InChI is InChI=1S/C20H30O/c1-13-4-7-17-16-6-5-14-12-15(21)8-10-20(14,3)18(16)9-11-19(13,17)2/h4,14,16-18H,5-12H2,1-3H3/t14-,16-,17-,18-,19+,20-/m0/s1. The highest BCUT2D eigenvalue weighted by Crippen LogP contribution is 2.65. The van der Waals surface area contributed by atoms with Gasteiger partial charge in [-0.15, -0.1) is 0 Å². The topological polar surface area (TPSA) is 17.1 Å². The molecule has 116 valence electrons. The van der Waals surface area contributed by atoms with Crippen LogP contribution in [0.25, 0.3) is 0 Å². The molecule has 1 nitrogen and oxygen atoms in total. The van der Waals surface area contributed by atoms with Crippen molar-refractivity contribution >= 4 is 5.78 Å². The zero-order valence-electron chi connectivity index (χ0n) is 14.0. The van der Waals surface area contributed by atoms with Crippen LogP contribution < -0.4 is 0 Å². The Kier molecular flexibility index (Phi) is 2.98. The van der Waals surface area contributed by atoms with Gasteiger partial charge in [-0.3, -0.25) is 4.79 Å². The highest BCUT2D eigenvalue weighted by Gasteiger charge is 2.57. The van der Waals surface area contributed by atoms with Crippen LogP contribution in [0.3, 0.4) is 0 Å². The molecule has 0 bridgehead atoms. The molecule has 0 aromatic carbocycles. The molecule has 3 fully saturated rings. The van der Waals surface area contributed by atoms with Crippen molar-refractivity contribution in [1.29, 1.82) is 0 Å². The number of allylic oxidation sites excluding steroid dienone is 2. The summed E-state index contributed by atoms with van der Waals surface area (Å²) < 4.78 is 0. The third kappa shape index (κ3) is 1.79. The molecule has 0 heterocycles. The Hall–Kier alpha value is -0.590. The van der Waals surface area contributed by atoms with Crippen LogP contribution in [0.5, 0.6) is 0 Å². The number of hydrogen-bond donors (Lipinski definition) is 0. The number of ketones is 1. The van der Waals surface area contributed by atoms with Crippen LogP contribution in [-0.2, 0) is 4.79 Å². The maximum absolute atomic E-state index is 11.9. The van der Waals surface area contributed by atoms with Crippen molar-refractivity contribution < 1.29 is 4.79 Å². The van der Waals surface area contributed by atoms with Crippen molar-refractivity contribution in [2.45, 2.75) is 72.1 Å². The van der Waals surface area contributed by atoms with E-state index in [9.17, 15) is 4.79 Å². The molecule has 1 heteroatoms. The molecular weight excluding hydrogens is 256 g/mol. The monoisotopic (exact) mass is 286 g/mol. The van der Waals surface area contributed by atoms with E-state index in [0.717, 1.165) is 30.6 Å². The molecule has 0 aliphatic heterocycles. The number of fused-ring (bicyclic) bond motifs is 5. The average molecular weight is 286 g/mol. The minimum Gasteiger partial charge on any atom is -0.300 e. The van der Waals surface area contributed by atoms with Gasteiger partial charge in [-0.1, -0.05) is 25.5 Å². The van der Waals surface area contributed by atoms with E-state index >= 15 is 0 Å². The van der Waals surface area contributed by atoms with Crippen molar-refractivity contribution in [3.63, 3.8) is 0 Å². The highest BCUT2D eigenvalue weighted by molar-refractivity contribution is 5.79. The number of hydrogen-bond acceptors (Lipinski definition) is 1. The summed E-state index contributed by atoms with van der Waals surface area (Å²) in [4.78, 5) is 11.9. The van der Waals surface area contributed by atoms with E-state index in [1.807, 2.05) is 0 Å². The van der Waals surface area contributed by atoms with Gasteiger partial charge in [-0.2, -0.15) is 0 Å². The first kappa shape index (κ1) is 14.0. The number of carbonyl (C=O) groups excluding carboxylic acids is 1. The van der Waals surface area contributed by atoms with E-state index < -0.39 is 0 Å². The molecule has 4 aliphatic carbocycles. The zero-order valence-corrected chi connectivity index (χ0v) is 14.0. The maximum atomic E-state index is 11.9. The lowest BCUT2D eigenvalue weighted by atomic mass is 9.45. The van der Waals surface area contributed by atoms with E-state index in [1.54, 1.807) is 5.57 Å². The molecule has 0 spiro atoms. The van der Waals surface area contributed by atoms with Crippen LogP contribution in [-0.4, -0.2) is 5.78 Å². The smallest absolute Gasteiger partial charge is 0.133 e. The SMILES string of the molecule is CC1=CC[C@H]2[C@@H]3CC[C@H]4CC(=O)CC[C@]4(C)[C@H]3CC[C@]12C. The zero-order chi connectivity index (χ0) is 14.8. The molecular formula is C20H30O. The average Bonchev–Trinajstić information content (AvgIpc) is 2.76. The minimum absolute atomic E-state index is 0.467. The molecule has 3 saturated carbocycles. The first-order valence-electron chi connectivity index (χ1n) is 9.14. The predicted octanol–water partition coefficient (Wildman–Crippen LogP) is 5.15. The molecule has 0 radical (unpaired) electrons. The Morgan fingerprint density at radius 3 is 2.71 bits per heavy atom. The molecule has 0 amide bonds. The highest BCUT2D eigenvalue weighted by atomic mass is 16.1. The number of carbonyl (C=O) groups is 1. The van der Waals surface area contributed by atoms with E-state index in [4.69, 9.17) is 0 Å². The van der Waals surface area contributed by atoms with Gasteiger partial charge in [0.15, 0.2) is 0 Å². The van der Waals surface area contributed by atoms with Gasteiger partial charge in [0.25, 0.3) is 0 Å². The first-order valence-corrected chi connectivity index (χ1v) is 9.14. The summed E-state index contributed by atoms with van der Waals surface area (Å²) in [7, 11) is 0. The van der Waals surface area contributed by atoms with Crippen LogP contribution in [0.1, 0.15) is 72.1 Å². The predicted molar refractivity (Wildman–Crippen MR) is 85.9 cm³/mol. The Morgan fingerprint density at radius 2 is 1.90 bits per heavy atom. The molecule has 0 saturated heterocycles. The Bertz CT molecular complexity index is 504. The van der Waals surface area contributed by atoms with Crippen LogP contribution >= 0.6 is 0 Å². The fourth-order valence-corrected chi connectivity index (χ4v) is 6.83. The number of Topliss-reactive ketones (excluding diaryl/α,β-unsaturated/α-hetero) is 1.